The average Bonchev–Trinajstić information content (AvgIpc) is 3.15. The summed E-state index contributed by atoms with van der Waals surface area (Å²) in [6, 6.07) is 19.5. The lowest BCUT2D eigenvalue weighted by Gasteiger charge is -2.18. The largest absolute Gasteiger partial charge is 0.308 e. The first-order chi connectivity index (χ1) is 13.9. The van der Waals surface area contributed by atoms with Crippen LogP contribution in [0.25, 0.3) is 0 Å². The lowest BCUT2D eigenvalue weighted by atomic mass is 10.1. The molecule has 0 spiro atoms. The molecule has 1 aliphatic rings. The minimum atomic E-state index is -3.79. The maximum absolute atomic E-state index is 13.6. The Balaban J connectivity index is 1.56. The molecular weight excluding hydrogens is 391 g/mol. The van der Waals surface area contributed by atoms with Gasteiger partial charge in [0.05, 0.1) is 10.6 Å². The maximum Gasteiger partial charge on any atom is 0.258 e. The van der Waals surface area contributed by atoms with Crippen LogP contribution in [0.1, 0.15) is 21.5 Å². The Morgan fingerprint density at radius 3 is 2.59 bits per heavy atom. The smallest absolute Gasteiger partial charge is 0.258 e. The lowest BCUT2D eigenvalue weighted by Crippen LogP contribution is -2.29. The zero-order valence-corrected chi connectivity index (χ0v) is 16.3. The number of hydrogen-bond acceptors (Lipinski definition) is 3. The second-order valence-corrected chi connectivity index (χ2v) is 8.58. The Hall–Kier alpha value is -3.03. The van der Waals surface area contributed by atoms with E-state index in [0.717, 1.165) is 11.1 Å². The van der Waals surface area contributed by atoms with Crippen LogP contribution in [0.2, 0.25) is 0 Å². The van der Waals surface area contributed by atoms with E-state index in [-0.39, 0.29) is 22.9 Å². The van der Waals surface area contributed by atoms with Crippen molar-refractivity contribution in [1.82, 2.24) is 4.72 Å². The van der Waals surface area contributed by atoms with Gasteiger partial charge in [-0.05, 0) is 47.9 Å². The van der Waals surface area contributed by atoms with Crippen LogP contribution in [0, 0.1) is 5.82 Å². The minimum absolute atomic E-state index is 0.0120. The van der Waals surface area contributed by atoms with E-state index < -0.39 is 15.8 Å². The number of sulfonamides is 1. The number of nitrogens with one attached hydrogen (secondary N) is 1. The zero-order chi connectivity index (χ0) is 20.4. The summed E-state index contributed by atoms with van der Waals surface area (Å²) in [5.41, 5.74) is 2.50. The number of carbonyl (C=O) groups excluding carboxylic acids is 1. The number of carbonyl (C=O) groups is 1. The highest BCUT2D eigenvalue weighted by atomic mass is 32.2. The van der Waals surface area contributed by atoms with Crippen molar-refractivity contribution in [2.24, 2.45) is 0 Å². The van der Waals surface area contributed by atoms with Crippen molar-refractivity contribution in [2.45, 2.75) is 17.9 Å². The number of halogens is 1. The molecule has 0 radical (unpaired) electrons. The number of benzene rings is 3. The Bertz CT molecular complexity index is 1160. The van der Waals surface area contributed by atoms with E-state index in [9.17, 15) is 17.6 Å². The van der Waals surface area contributed by atoms with Gasteiger partial charge in [-0.3, -0.25) is 4.79 Å². The first kappa shape index (κ1) is 19.3. The fourth-order valence-electron chi connectivity index (χ4n) is 3.37. The van der Waals surface area contributed by atoms with Crippen molar-refractivity contribution in [1.29, 1.82) is 0 Å². The quantitative estimate of drug-likeness (QED) is 0.700. The van der Waals surface area contributed by atoms with Gasteiger partial charge in [-0.2, -0.15) is 0 Å². The van der Waals surface area contributed by atoms with Crippen molar-refractivity contribution in [3.63, 3.8) is 0 Å². The molecule has 4 rings (SSSR count). The number of anilines is 1. The van der Waals surface area contributed by atoms with Crippen LogP contribution in [-0.4, -0.2) is 20.9 Å². The van der Waals surface area contributed by atoms with Crippen LogP contribution < -0.4 is 9.62 Å². The van der Waals surface area contributed by atoms with Crippen LogP contribution in [0.15, 0.2) is 77.7 Å². The number of nitrogens with zero attached hydrogens (tertiary/aromatic N) is 1. The van der Waals surface area contributed by atoms with Crippen LogP contribution in [-0.2, 0) is 23.0 Å². The highest BCUT2D eigenvalue weighted by Crippen LogP contribution is 2.30. The lowest BCUT2D eigenvalue weighted by molar-refractivity contribution is 0.0989. The third kappa shape index (κ3) is 4.06. The molecule has 7 heteroatoms. The third-order valence-corrected chi connectivity index (χ3v) is 6.29. The van der Waals surface area contributed by atoms with Gasteiger partial charge in [-0.25, -0.2) is 17.5 Å². The first-order valence-electron chi connectivity index (χ1n) is 9.18. The molecule has 148 valence electrons. The van der Waals surface area contributed by atoms with Gasteiger partial charge in [0.15, 0.2) is 0 Å². The summed E-state index contributed by atoms with van der Waals surface area (Å²) in [6.45, 7) is 0.584. The van der Waals surface area contributed by atoms with E-state index >= 15 is 0 Å². The molecule has 1 heterocycles. The van der Waals surface area contributed by atoms with Crippen molar-refractivity contribution in [3.8, 4) is 0 Å². The van der Waals surface area contributed by atoms with Gasteiger partial charge in [0.1, 0.15) is 5.82 Å². The van der Waals surface area contributed by atoms with E-state index in [1.807, 2.05) is 30.3 Å². The normalized spacial score (nSPS) is 13.3. The van der Waals surface area contributed by atoms with E-state index in [4.69, 9.17) is 0 Å². The fraction of sp³-hybridized carbons (Fsp3) is 0.136. The summed E-state index contributed by atoms with van der Waals surface area (Å²) in [5.74, 6) is -0.764. The average molecular weight is 410 g/mol. The third-order valence-electron chi connectivity index (χ3n) is 4.89. The Kier molecular flexibility index (Phi) is 5.17. The summed E-state index contributed by atoms with van der Waals surface area (Å²) in [7, 11) is -3.79. The monoisotopic (exact) mass is 410 g/mol. The van der Waals surface area contributed by atoms with Crippen molar-refractivity contribution < 1.29 is 17.6 Å². The second-order valence-electron chi connectivity index (χ2n) is 6.82. The highest BCUT2D eigenvalue weighted by Gasteiger charge is 2.27. The van der Waals surface area contributed by atoms with Crippen molar-refractivity contribution in [3.05, 3.63) is 95.3 Å². The van der Waals surface area contributed by atoms with Gasteiger partial charge in [0, 0.05) is 18.7 Å². The molecular formula is C22H19FN2O3S. The number of fused-ring (bicyclic) bond motifs is 1. The molecule has 3 aromatic rings. The standard InChI is InChI=1S/C22H19FN2O3S/c23-19-10-9-17-11-12-25(21(17)14-19)22(26)18-7-4-8-20(13-18)29(27,28)24-15-16-5-2-1-3-6-16/h1-10,13-14,24H,11-12,15H2. The molecule has 0 atom stereocenters. The Morgan fingerprint density at radius 2 is 1.79 bits per heavy atom. The highest BCUT2D eigenvalue weighted by molar-refractivity contribution is 7.89. The SMILES string of the molecule is O=C(c1cccc(S(=O)(=O)NCc2ccccc2)c1)N1CCc2ccc(F)cc21. The zero-order valence-electron chi connectivity index (χ0n) is 15.5. The molecule has 0 aromatic heterocycles. The second kappa shape index (κ2) is 7.77. The van der Waals surface area contributed by atoms with Crippen molar-refractivity contribution in [2.75, 3.05) is 11.4 Å². The molecule has 1 aliphatic heterocycles. The molecule has 0 aliphatic carbocycles. The predicted molar refractivity (Wildman–Crippen MR) is 109 cm³/mol. The van der Waals surface area contributed by atoms with Crippen LogP contribution in [0.4, 0.5) is 10.1 Å². The Morgan fingerprint density at radius 1 is 1.00 bits per heavy atom. The minimum Gasteiger partial charge on any atom is -0.308 e. The molecule has 0 unspecified atom stereocenters. The van der Waals surface area contributed by atoms with Crippen LogP contribution in [0.5, 0.6) is 0 Å². The summed E-state index contributed by atoms with van der Waals surface area (Å²) in [5, 5.41) is 0. The Labute approximate surface area is 168 Å². The van der Waals surface area contributed by atoms with Crippen LogP contribution in [0.3, 0.4) is 0 Å². The predicted octanol–water partition coefficient (Wildman–Crippen LogP) is 3.51. The summed E-state index contributed by atoms with van der Waals surface area (Å²) >= 11 is 0. The van der Waals surface area contributed by atoms with Crippen molar-refractivity contribution >= 4 is 21.6 Å². The van der Waals surface area contributed by atoms with Gasteiger partial charge in [0.25, 0.3) is 5.91 Å². The topological polar surface area (TPSA) is 66.5 Å². The summed E-state index contributed by atoms with van der Waals surface area (Å²) < 4.78 is 41.5. The van der Waals surface area contributed by atoms with Gasteiger partial charge >= 0.3 is 0 Å². The molecule has 0 saturated carbocycles. The molecule has 3 aromatic carbocycles. The van der Waals surface area contributed by atoms with E-state index in [2.05, 4.69) is 4.72 Å². The molecule has 1 amide bonds. The fourth-order valence-corrected chi connectivity index (χ4v) is 4.44. The summed E-state index contributed by atoms with van der Waals surface area (Å²) in [6.07, 6.45) is 0.637. The van der Waals surface area contributed by atoms with E-state index in [1.54, 1.807) is 12.1 Å². The van der Waals surface area contributed by atoms with Crippen LogP contribution >= 0.6 is 0 Å². The van der Waals surface area contributed by atoms with Gasteiger partial charge in [-0.15, -0.1) is 0 Å². The van der Waals surface area contributed by atoms with Gasteiger partial charge < -0.3 is 4.90 Å². The molecule has 29 heavy (non-hydrogen) atoms. The molecule has 0 saturated heterocycles. The molecule has 0 fully saturated rings. The number of hydrogen-bond donors (Lipinski definition) is 1. The number of amides is 1. The first-order valence-corrected chi connectivity index (χ1v) is 10.7. The number of rotatable bonds is 5. The van der Waals surface area contributed by atoms with Gasteiger partial charge in [-0.1, -0.05) is 42.5 Å². The molecule has 0 bridgehead atoms. The maximum atomic E-state index is 13.6. The summed E-state index contributed by atoms with van der Waals surface area (Å²) in [4.78, 5) is 14.5. The van der Waals surface area contributed by atoms with E-state index in [1.165, 1.54) is 35.2 Å². The van der Waals surface area contributed by atoms with E-state index in [0.29, 0.717) is 18.7 Å². The van der Waals surface area contributed by atoms with Gasteiger partial charge in [0.2, 0.25) is 10.0 Å². The molecule has 1 N–H and O–H groups in total. The molecule has 5 nitrogen and oxygen atoms in total.